The van der Waals surface area contributed by atoms with Gasteiger partial charge in [-0.2, -0.15) is 13.2 Å². The van der Waals surface area contributed by atoms with Gasteiger partial charge >= 0.3 is 6.18 Å². The topological polar surface area (TPSA) is 83.1 Å². The maximum absolute atomic E-state index is 12.9. The molecule has 2 aromatic carbocycles. The number of aliphatic hydroxyl groups is 1. The molecule has 0 spiro atoms. The molecule has 0 bridgehead atoms. The van der Waals surface area contributed by atoms with Crippen molar-refractivity contribution in [3.63, 3.8) is 0 Å². The van der Waals surface area contributed by atoms with Crippen molar-refractivity contribution in [2.75, 3.05) is 0 Å². The third-order valence-corrected chi connectivity index (χ3v) is 5.60. The van der Waals surface area contributed by atoms with Crippen LogP contribution in [0, 0.1) is 0 Å². The number of benzene rings is 2. The van der Waals surface area contributed by atoms with Crippen molar-refractivity contribution in [1.29, 1.82) is 0 Å². The molecule has 3 aromatic rings. The first-order chi connectivity index (χ1) is 11.5. The van der Waals surface area contributed by atoms with Crippen molar-refractivity contribution in [2.24, 2.45) is 0 Å². The van der Waals surface area contributed by atoms with Crippen LogP contribution in [-0.2, 0) is 15.4 Å². The van der Waals surface area contributed by atoms with E-state index in [1.54, 1.807) is 18.2 Å². The summed E-state index contributed by atoms with van der Waals surface area (Å²) in [7, 11) is -3.82. The number of hydrogen-bond acceptors (Lipinski definition) is 4. The van der Waals surface area contributed by atoms with Gasteiger partial charge in [-0.05, 0) is 37.3 Å². The van der Waals surface area contributed by atoms with Crippen LogP contribution in [0.15, 0.2) is 58.3 Å². The highest BCUT2D eigenvalue weighted by molar-refractivity contribution is 7.91. The molecular weight excluding hydrogens is 357 g/mol. The van der Waals surface area contributed by atoms with Gasteiger partial charge in [0.1, 0.15) is 5.82 Å². The number of imidazole rings is 1. The SMILES string of the molecule is CC(O)(c1nc2ccc(S(=O)(=O)c3ccccc3)cc2[nH]1)C(F)(F)F. The molecule has 0 radical (unpaired) electrons. The average molecular weight is 370 g/mol. The Hall–Kier alpha value is -2.39. The summed E-state index contributed by atoms with van der Waals surface area (Å²) < 4.78 is 63.9. The van der Waals surface area contributed by atoms with Gasteiger partial charge in [0.05, 0.1) is 20.8 Å². The number of fused-ring (bicyclic) bond motifs is 1. The Morgan fingerprint density at radius 2 is 1.68 bits per heavy atom. The fraction of sp³-hybridized carbons (Fsp3) is 0.188. The Kier molecular flexibility index (Phi) is 3.88. The smallest absolute Gasteiger partial charge is 0.374 e. The van der Waals surface area contributed by atoms with Gasteiger partial charge in [0.15, 0.2) is 0 Å². The summed E-state index contributed by atoms with van der Waals surface area (Å²) in [5.41, 5.74) is -2.98. The zero-order valence-electron chi connectivity index (χ0n) is 12.9. The van der Waals surface area contributed by atoms with Crippen LogP contribution in [0.25, 0.3) is 11.0 Å². The van der Waals surface area contributed by atoms with Crippen molar-refractivity contribution in [3.05, 3.63) is 54.4 Å². The minimum Gasteiger partial charge on any atom is -0.374 e. The van der Waals surface area contributed by atoms with Crippen LogP contribution >= 0.6 is 0 Å². The Bertz CT molecular complexity index is 1030. The molecule has 132 valence electrons. The molecule has 1 atom stereocenters. The van der Waals surface area contributed by atoms with Gasteiger partial charge in [0, 0.05) is 0 Å². The van der Waals surface area contributed by atoms with Gasteiger partial charge in [-0.25, -0.2) is 13.4 Å². The Labute approximate surface area is 141 Å². The minimum absolute atomic E-state index is 0.0661. The molecule has 0 saturated heterocycles. The van der Waals surface area contributed by atoms with E-state index in [1.807, 2.05) is 0 Å². The van der Waals surface area contributed by atoms with Crippen molar-refractivity contribution in [2.45, 2.75) is 28.5 Å². The molecule has 2 N–H and O–H groups in total. The second-order valence-corrected chi connectivity index (χ2v) is 7.60. The number of rotatable bonds is 3. The first-order valence-corrected chi connectivity index (χ1v) is 8.61. The van der Waals surface area contributed by atoms with Crippen molar-refractivity contribution in [3.8, 4) is 0 Å². The quantitative estimate of drug-likeness (QED) is 0.742. The molecule has 1 unspecified atom stereocenters. The summed E-state index contributed by atoms with van der Waals surface area (Å²) in [6.07, 6.45) is -4.93. The monoisotopic (exact) mass is 370 g/mol. The fourth-order valence-electron chi connectivity index (χ4n) is 2.26. The Morgan fingerprint density at radius 1 is 1.04 bits per heavy atom. The third-order valence-electron chi connectivity index (χ3n) is 3.83. The summed E-state index contributed by atoms with van der Waals surface area (Å²) in [5.74, 6) is -0.704. The maximum atomic E-state index is 12.9. The summed E-state index contributed by atoms with van der Waals surface area (Å²) in [6.45, 7) is 0.576. The highest BCUT2D eigenvalue weighted by Crippen LogP contribution is 2.38. The number of aromatic amines is 1. The van der Waals surface area contributed by atoms with E-state index in [9.17, 15) is 26.7 Å². The molecule has 0 aliphatic heterocycles. The van der Waals surface area contributed by atoms with E-state index in [1.165, 1.54) is 30.3 Å². The molecule has 5 nitrogen and oxygen atoms in total. The summed E-state index contributed by atoms with van der Waals surface area (Å²) in [5, 5.41) is 9.69. The van der Waals surface area contributed by atoms with Crippen LogP contribution in [0.3, 0.4) is 0 Å². The van der Waals surface area contributed by atoms with E-state index >= 15 is 0 Å². The van der Waals surface area contributed by atoms with Crippen LogP contribution in [0.4, 0.5) is 13.2 Å². The average Bonchev–Trinajstić information content (AvgIpc) is 2.98. The largest absolute Gasteiger partial charge is 0.424 e. The molecule has 0 fully saturated rings. The maximum Gasteiger partial charge on any atom is 0.424 e. The molecule has 25 heavy (non-hydrogen) atoms. The zero-order chi connectivity index (χ0) is 18.5. The summed E-state index contributed by atoms with van der Waals surface area (Å²) in [6, 6.07) is 11.4. The Balaban J connectivity index is 2.11. The van der Waals surface area contributed by atoms with E-state index in [0.29, 0.717) is 6.92 Å². The van der Waals surface area contributed by atoms with Crippen LogP contribution in [0.1, 0.15) is 12.7 Å². The molecule has 0 amide bonds. The lowest BCUT2D eigenvalue weighted by atomic mass is 10.1. The number of alkyl halides is 3. The van der Waals surface area contributed by atoms with Gasteiger partial charge < -0.3 is 10.1 Å². The fourth-order valence-corrected chi connectivity index (χ4v) is 3.56. The molecule has 1 heterocycles. The molecule has 1 aromatic heterocycles. The van der Waals surface area contributed by atoms with E-state index in [0.717, 1.165) is 0 Å². The van der Waals surface area contributed by atoms with E-state index in [-0.39, 0.29) is 20.8 Å². The number of H-pyrrole nitrogens is 1. The van der Waals surface area contributed by atoms with E-state index in [2.05, 4.69) is 9.97 Å². The van der Waals surface area contributed by atoms with Crippen molar-refractivity contribution in [1.82, 2.24) is 9.97 Å². The first kappa shape index (κ1) is 17.4. The number of halogens is 3. The van der Waals surface area contributed by atoms with Crippen LogP contribution < -0.4 is 0 Å². The van der Waals surface area contributed by atoms with Gasteiger partial charge in [-0.3, -0.25) is 0 Å². The zero-order valence-corrected chi connectivity index (χ0v) is 13.7. The molecular formula is C16H13F3N2O3S. The van der Waals surface area contributed by atoms with Crippen LogP contribution in [0.2, 0.25) is 0 Å². The minimum atomic E-state index is -4.93. The molecule has 0 aliphatic rings. The molecule has 0 aliphatic carbocycles. The lowest BCUT2D eigenvalue weighted by Gasteiger charge is -2.23. The number of aromatic nitrogens is 2. The van der Waals surface area contributed by atoms with Crippen LogP contribution in [0.5, 0.6) is 0 Å². The predicted octanol–water partition coefficient (Wildman–Crippen LogP) is 3.17. The number of nitrogens with zero attached hydrogens (tertiary/aromatic N) is 1. The molecule has 3 rings (SSSR count). The van der Waals surface area contributed by atoms with Crippen LogP contribution in [-0.4, -0.2) is 29.7 Å². The van der Waals surface area contributed by atoms with Gasteiger partial charge in [0.25, 0.3) is 0 Å². The predicted molar refractivity (Wildman–Crippen MR) is 83.6 cm³/mol. The molecule has 9 heteroatoms. The highest BCUT2D eigenvalue weighted by Gasteiger charge is 2.53. The first-order valence-electron chi connectivity index (χ1n) is 7.13. The Morgan fingerprint density at radius 3 is 2.28 bits per heavy atom. The third kappa shape index (κ3) is 2.89. The summed E-state index contributed by atoms with van der Waals surface area (Å²) in [4.78, 5) is 6.06. The van der Waals surface area contributed by atoms with Gasteiger partial charge in [-0.1, -0.05) is 18.2 Å². The van der Waals surface area contributed by atoms with Gasteiger partial charge in [0.2, 0.25) is 15.4 Å². The van der Waals surface area contributed by atoms with Crippen molar-refractivity contribution < 1.29 is 26.7 Å². The second-order valence-electron chi connectivity index (χ2n) is 5.65. The summed E-state index contributed by atoms with van der Waals surface area (Å²) >= 11 is 0. The van der Waals surface area contributed by atoms with E-state index < -0.39 is 27.4 Å². The lowest BCUT2D eigenvalue weighted by Crippen LogP contribution is -2.40. The highest BCUT2D eigenvalue weighted by atomic mass is 32.2. The van der Waals surface area contributed by atoms with E-state index in [4.69, 9.17) is 0 Å². The number of hydrogen-bond donors (Lipinski definition) is 2. The number of nitrogens with one attached hydrogen (secondary N) is 1. The normalized spacial score (nSPS) is 15.2. The molecule has 0 saturated carbocycles. The lowest BCUT2D eigenvalue weighted by molar-refractivity contribution is -0.261. The standard InChI is InChI=1S/C16H13F3N2O3S/c1-15(22,16(17,18)19)14-20-12-8-7-11(9-13(12)21-14)25(23,24)10-5-3-2-4-6-10/h2-9,22H,1H3,(H,20,21). The van der Waals surface area contributed by atoms with Crippen molar-refractivity contribution >= 4 is 20.9 Å². The second kappa shape index (κ2) is 5.57. The van der Waals surface area contributed by atoms with Gasteiger partial charge in [-0.15, -0.1) is 0 Å². The number of sulfone groups is 1.